The van der Waals surface area contributed by atoms with Gasteiger partial charge in [0.05, 0.1) is 40.3 Å². The van der Waals surface area contributed by atoms with Crippen molar-refractivity contribution in [1.82, 2.24) is 0 Å². The van der Waals surface area contributed by atoms with Crippen LogP contribution in [-0.2, 0) is 33.3 Å². The first-order valence-corrected chi connectivity index (χ1v) is 34.3. The lowest BCUT2D eigenvalue weighted by molar-refractivity contribution is -0.870. The number of ether oxygens (including phenoxy) is 4. The van der Waals surface area contributed by atoms with Gasteiger partial charge in [0.1, 0.15) is 13.2 Å². The molecule has 0 aliphatic heterocycles. The Bertz CT molecular complexity index is 1860. The Morgan fingerprint density at radius 1 is 0.353 bits per heavy atom. The van der Waals surface area contributed by atoms with Gasteiger partial charge in [-0.15, -0.1) is 0 Å². The van der Waals surface area contributed by atoms with Gasteiger partial charge in [-0.25, -0.2) is 0 Å². The first-order chi connectivity index (χ1) is 41.6. The Labute approximate surface area is 522 Å². The fourth-order valence-corrected chi connectivity index (χ4v) is 9.22. The summed E-state index contributed by atoms with van der Waals surface area (Å²) in [5.74, 6) is -2.29. The second-order valence-electron chi connectivity index (χ2n) is 23.7. The maximum atomic E-state index is 12.9. The highest BCUT2D eigenvalue weighted by Crippen LogP contribution is 2.17. The number of quaternary nitrogens is 1. The van der Waals surface area contributed by atoms with Crippen molar-refractivity contribution < 1.29 is 42.9 Å². The van der Waals surface area contributed by atoms with Crippen molar-refractivity contribution >= 4 is 17.9 Å². The third-order valence-corrected chi connectivity index (χ3v) is 14.4. The van der Waals surface area contributed by atoms with Gasteiger partial charge in [0, 0.05) is 12.8 Å². The Morgan fingerprint density at radius 2 is 0.635 bits per heavy atom. The molecule has 0 rings (SSSR count). The van der Waals surface area contributed by atoms with Crippen molar-refractivity contribution in [2.45, 2.75) is 283 Å². The fourth-order valence-electron chi connectivity index (χ4n) is 9.22. The second-order valence-corrected chi connectivity index (χ2v) is 23.7. The van der Waals surface area contributed by atoms with Crippen LogP contribution in [0.2, 0.25) is 0 Å². The van der Waals surface area contributed by atoms with Crippen molar-refractivity contribution in [2.24, 2.45) is 0 Å². The molecule has 2 atom stereocenters. The SMILES string of the molecule is CC/C=C\C/C=C\C/C=C\C/C=C\C/C=C\C/C=C\CCCCCCCCCCCCCCC(=O)OC(COC(=O)CCCCCCCCCCCCCCC/C=C\C/C=C\C/C=C\C/C=C\C/C=C\CC)COC(OCC[N+](C)(C)C)C(=O)[O-]. The number of likely N-dealkylation sites (N-methyl/N-ethyl adjacent to an activating group) is 1. The van der Waals surface area contributed by atoms with Crippen molar-refractivity contribution in [3.63, 3.8) is 0 Å². The molecule has 0 saturated heterocycles. The molecular weight excluding hydrogens is 1050 g/mol. The van der Waals surface area contributed by atoms with E-state index in [1.807, 2.05) is 21.1 Å². The first-order valence-electron chi connectivity index (χ1n) is 34.3. The van der Waals surface area contributed by atoms with Gasteiger partial charge in [-0.2, -0.15) is 0 Å². The average Bonchev–Trinajstić information content (AvgIpc) is 3.49. The number of hydrogen-bond donors (Lipinski definition) is 0. The summed E-state index contributed by atoms with van der Waals surface area (Å²) in [6, 6.07) is 0. The van der Waals surface area contributed by atoms with Crippen LogP contribution in [0.3, 0.4) is 0 Å². The Balaban J connectivity index is 4.16. The summed E-state index contributed by atoms with van der Waals surface area (Å²) in [7, 11) is 5.92. The summed E-state index contributed by atoms with van der Waals surface area (Å²) in [5, 5.41) is 11.8. The van der Waals surface area contributed by atoms with Gasteiger partial charge >= 0.3 is 11.9 Å². The molecular formula is C76H127NO8. The van der Waals surface area contributed by atoms with Crippen molar-refractivity contribution in [2.75, 3.05) is 47.5 Å². The van der Waals surface area contributed by atoms with Crippen molar-refractivity contribution in [3.05, 3.63) is 134 Å². The molecule has 0 aliphatic rings. The molecule has 0 saturated carbocycles. The summed E-state index contributed by atoms with van der Waals surface area (Å²) in [4.78, 5) is 37.5. The minimum Gasteiger partial charge on any atom is -0.545 e. The number of allylic oxidation sites excluding steroid dienone is 22. The lowest BCUT2D eigenvalue weighted by Gasteiger charge is -2.26. The molecule has 85 heavy (non-hydrogen) atoms. The fraction of sp³-hybridized carbons (Fsp3) is 0.671. The van der Waals surface area contributed by atoms with Gasteiger partial charge < -0.3 is 33.3 Å². The Morgan fingerprint density at radius 3 is 0.941 bits per heavy atom. The van der Waals surface area contributed by atoms with Gasteiger partial charge in [0.25, 0.3) is 0 Å². The minimum atomic E-state index is -1.63. The van der Waals surface area contributed by atoms with E-state index < -0.39 is 24.3 Å². The lowest BCUT2D eigenvalue weighted by Crippen LogP contribution is -2.44. The first kappa shape index (κ1) is 80.4. The van der Waals surface area contributed by atoms with E-state index in [2.05, 4.69) is 148 Å². The number of unbranched alkanes of at least 4 members (excludes halogenated alkanes) is 25. The summed E-state index contributed by atoms with van der Waals surface area (Å²) in [5.41, 5.74) is 0. The molecule has 0 aromatic heterocycles. The standard InChI is InChI=1S/C76H127NO8/c1-6-8-10-12-14-16-18-20-22-24-26-28-30-32-34-36-37-39-41-43-45-47-49-51-53-55-57-59-61-63-65-67-74(79)85-72(71-84-76(75(80)81)82-69-68-77(3,4)5)70-83-73(78)66-64-62-60-58-56-54-52-50-48-46-44-42-40-38-35-33-31-29-27-25-23-21-19-17-15-13-11-9-7-2/h8-11,14-17,20-23,26-29,32-35,37,39,72,76H,6-7,12-13,18-19,24-25,30-31,36,38,40-71H2,1-5H3/b10-8-,11-9-,16-14-,17-15-,22-20-,23-21-,28-26-,29-27-,34-32-,35-33-,39-37-. The molecule has 0 bridgehead atoms. The largest absolute Gasteiger partial charge is 0.545 e. The number of carbonyl (C=O) groups is 3. The van der Waals surface area contributed by atoms with Crippen LogP contribution in [-0.4, -0.2) is 82.3 Å². The molecule has 0 fully saturated rings. The number of hydrogen-bond acceptors (Lipinski definition) is 8. The quantitative estimate of drug-likeness (QED) is 0.0195. The summed E-state index contributed by atoms with van der Waals surface area (Å²) in [6.07, 6.45) is 90.9. The summed E-state index contributed by atoms with van der Waals surface area (Å²) >= 11 is 0. The number of aliphatic carboxylic acids is 1. The molecule has 2 unspecified atom stereocenters. The molecule has 0 radical (unpaired) electrons. The zero-order valence-corrected chi connectivity index (χ0v) is 55.2. The molecule has 0 spiro atoms. The number of esters is 2. The van der Waals surface area contributed by atoms with E-state index in [4.69, 9.17) is 18.9 Å². The van der Waals surface area contributed by atoms with Gasteiger partial charge in [-0.3, -0.25) is 9.59 Å². The Hall–Kier alpha value is -4.57. The lowest BCUT2D eigenvalue weighted by atomic mass is 10.0. The van der Waals surface area contributed by atoms with Crippen LogP contribution >= 0.6 is 0 Å². The highest BCUT2D eigenvalue weighted by Gasteiger charge is 2.22. The van der Waals surface area contributed by atoms with Crippen LogP contribution in [0.4, 0.5) is 0 Å². The topological polar surface area (TPSA) is 111 Å². The van der Waals surface area contributed by atoms with E-state index in [0.717, 1.165) is 109 Å². The van der Waals surface area contributed by atoms with E-state index in [1.54, 1.807) is 0 Å². The van der Waals surface area contributed by atoms with Gasteiger partial charge in [0.2, 0.25) is 0 Å². The molecule has 484 valence electrons. The molecule has 0 aromatic carbocycles. The maximum Gasteiger partial charge on any atom is 0.306 e. The number of carbonyl (C=O) groups excluding carboxylic acids is 3. The number of rotatable bonds is 62. The predicted octanol–water partition coefficient (Wildman–Crippen LogP) is 20.0. The van der Waals surface area contributed by atoms with Gasteiger partial charge in [-0.05, 0) is 109 Å². The highest BCUT2D eigenvalue weighted by molar-refractivity contribution is 5.70. The summed E-state index contributed by atoms with van der Waals surface area (Å²) < 4.78 is 22.8. The molecule has 0 amide bonds. The van der Waals surface area contributed by atoms with Crippen LogP contribution in [0.25, 0.3) is 0 Å². The van der Waals surface area contributed by atoms with E-state index in [1.165, 1.54) is 128 Å². The van der Waals surface area contributed by atoms with E-state index in [9.17, 15) is 19.5 Å². The van der Waals surface area contributed by atoms with Crippen molar-refractivity contribution in [3.8, 4) is 0 Å². The number of nitrogens with zero attached hydrogens (tertiary/aromatic N) is 1. The molecule has 0 aromatic rings. The third kappa shape index (κ3) is 66.8. The monoisotopic (exact) mass is 1180 g/mol. The van der Waals surface area contributed by atoms with E-state index >= 15 is 0 Å². The van der Waals surface area contributed by atoms with Gasteiger partial charge in [0.15, 0.2) is 12.4 Å². The predicted molar refractivity (Wildman–Crippen MR) is 361 cm³/mol. The van der Waals surface area contributed by atoms with Crippen LogP contribution in [0.1, 0.15) is 271 Å². The number of carboxylic acids is 1. The molecule has 0 N–H and O–H groups in total. The van der Waals surface area contributed by atoms with Crippen molar-refractivity contribution in [1.29, 1.82) is 0 Å². The molecule has 0 heterocycles. The average molecular weight is 1180 g/mol. The Kier molecular flexibility index (Phi) is 61.9. The maximum absolute atomic E-state index is 12.9. The van der Waals surface area contributed by atoms with Crippen LogP contribution in [0.5, 0.6) is 0 Å². The second kappa shape index (κ2) is 65.4. The normalized spacial score (nSPS) is 13.6. The zero-order chi connectivity index (χ0) is 61.9. The zero-order valence-electron chi connectivity index (χ0n) is 55.2. The van der Waals surface area contributed by atoms with Crippen LogP contribution in [0.15, 0.2) is 134 Å². The molecule has 0 aliphatic carbocycles. The number of carboxylic acid groups (broad SMARTS) is 1. The molecule has 9 nitrogen and oxygen atoms in total. The van der Waals surface area contributed by atoms with E-state index in [0.29, 0.717) is 17.4 Å². The van der Waals surface area contributed by atoms with Gasteiger partial charge in [-0.1, -0.05) is 282 Å². The smallest absolute Gasteiger partial charge is 0.306 e. The molecule has 9 heteroatoms. The van der Waals surface area contributed by atoms with Crippen LogP contribution in [0, 0.1) is 0 Å². The minimum absolute atomic E-state index is 0.142. The highest BCUT2D eigenvalue weighted by atomic mass is 16.7. The van der Waals surface area contributed by atoms with E-state index in [-0.39, 0.29) is 38.6 Å². The summed E-state index contributed by atoms with van der Waals surface area (Å²) in [6.45, 7) is 4.52. The van der Waals surface area contributed by atoms with Crippen LogP contribution < -0.4 is 5.11 Å². The third-order valence-electron chi connectivity index (χ3n) is 14.4.